The van der Waals surface area contributed by atoms with Crippen LogP contribution in [0.15, 0.2) is 0 Å². The molecule has 6 nitrogen and oxygen atoms in total. The van der Waals surface area contributed by atoms with Crippen LogP contribution in [-0.2, 0) is 0 Å². The number of aromatic nitrogens is 1. The summed E-state index contributed by atoms with van der Waals surface area (Å²) in [5.41, 5.74) is 5.26. The van der Waals surface area contributed by atoms with Crippen molar-refractivity contribution in [2.24, 2.45) is 0 Å². The first-order valence-electron chi connectivity index (χ1n) is 5.64. The molecule has 0 spiro atoms. The van der Waals surface area contributed by atoms with Crippen LogP contribution in [0.4, 0.5) is 10.9 Å². The summed E-state index contributed by atoms with van der Waals surface area (Å²) in [6, 6.07) is 0. The third kappa shape index (κ3) is 3.58. The van der Waals surface area contributed by atoms with E-state index < -0.39 is 5.54 Å². The van der Waals surface area contributed by atoms with Gasteiger partial charge in [0.2, 0.25) is 0 Å². The molecule has 1 aromatic heterocycles. The molecule has 18 heavy (non-hydrogen) atoms. The number of carbonyl (C=O) groups excluding carboxylic acids is 1. The predicted molar refractivity (Wildman–Crippen MR) is 74.1 cm³/mol. The number of carbonyl (C=O) groups is 1. The summed E-state index contributed by atoms with van der Waals surface area (Å²) < 4.78 is 0. The van der Waals surface area contributed by atoms with Gasteiger partial charge in [-0.25, -0.2) is 4.98 Å². The molecule has 1 heterocycles. The Morgan fingerprint density at radius 2 is 2.17 bits per heavy atom. The van der Waals surface area contributed by atoms with E-state index in [1.54, 1.807) is 4.90 Å². The number of aliphatic hydroxyl groups is 1. The number of rotatable bonds is 5. The van der Waals surface area contributed by atoms with Crippen molar-refractivity contribution in [2.75, 3.05) is 31.3 Å². The second-order valence-electron chi connectivity index (χ2n) is 4.92. The van der Waals surface area contributed by atoms with Crippen molar-refractivity contribution < 1.29 is 9.90 Å². The van der Waals surface area contributed by atoms with Crippen molar-refractivity contribution in [3.63, 3.8) is 0 Å². The lowest BCUT2D eigenvalue weighted by atomic mass is 10.0. The second-order valence-corrected chi connectivity index (χ2v) is 5.89. The van der Waals surface area contributed by atoms with Gasteiger partial charge >= 0.3 is 0 Å². The maximum absolute atomic E-state index is 12.1. The van der Waals surface area contributed by atoms with Crippen LogP contribution in [0.1, 0.15) is 29.9 Å². The van der Waals surface area contributed by atoms with Gasteiger partial charge in [-0.1, -0.05) is 11.3 Å². The zero-order chi connectivity index (χ0) is 13.9. The Morgan fingerprint density at radius 3 is 2.61 bits per heavy atom. The normalized spacial score (nSPS) is 11.4. The second kappa shape index (κ2) is 5.53. The van der Waals surface area contributed by atoms with E-state index in [0.717, 1.165) is 0 Å². The SMILES string of the molecule is CN(C)c1nc(N)c(C(=O)NC(C)(C)CCO)s1. The number of aliphatic hydroxyl groups excluding tert-OH is 1. The minimum absolute atomic E-state index is 0.0222. The number of nitrogens with one attached hydrogen (secondary N) is 1. The fourth-order valence-electron chi connectivity index (χ4n) is 1.38. The Morgan fingerprint density at radius 1 is 1.56 bits per heavy atom. The van der Waals surface area contributed by atoms with E-state index in [-0.39, 0.29) is 18.3 Å². The van der Waals surface area contributed by atoms with Gasteiger partial charge in [0, 0.05) is 26.2 Å². The lowest BCUT2D eigenvalue weighted by molar-refractivity contribution is 0.0904. The number of nitrogens with zero attached hydrogens (tertiary/aromatic N) is 2. The molecule has 0 aliphatic carbocycles. The number of thiazole rings is 1. The van der Waals surface area contributed by atoms with Crippen LogP contribution >= 0.6 is 11.3 Å². The van der Waals surface area contributed by atoms with Crippen LogP contribution in [0.2, 0.25) is 0 Å². The van der Waals surface area contributed by atoms with Crippen molar-refractivity contribution in [1.82, 2.24) is 10.3 Å². The Kier molecular flexibility index (Phi) is 4.53. The highest BCUT2D eigenvalue weighted by Crippen LogP contribution is 2.27. The van der Waals surface area contributed by atoms with E-state index in [1.807, 2.05) is 27.9 Å². The lowest BCUT2D eigenvalue weighted by Crippen LogP contribution is -2.43. The molecule has 0 aromatic carbocycles. The lowest BCUT2D eigenvalue weighted by Gasteiger charge is -2.24. The van der Waals surface area contributed by atoms with Crippen molar-refractivity contribution in [3.05, 3.63) is 4.88 Å². The van der Waals surface area contributed by atoms with E-state index >= 15 is 0 Å². The van der Waals surface area contributed by atoms with Crippen LogP contribution in [0.3, 0.4) is 0 Å². The smallest absolute Gasteiger partial charge is 0.265 e. The quantitative estimate of drug-likeness (QED) is 0.733. The van der Waals surface area contributed by atoms with Gasteiger partial charge in [-0.05, 0) is 20.3 Å². The molecule has 0 bridgehead atoms. The Balaban J connectivity index is 2.84. The van der Waals surface area contributed by atoms with E-state index in [2.05, 4.69) is 10.3 Å². The zero-order valence-electron chi connectivity index (χ0n) is 11.1. The third-order valence-corrected chi connectivity index (χ3v) is 3.66. The molecule has 0 saturated carbocycles. The highest BCUT2D eigenvalue weighted by molar-refractivity contribution is 7.18. The Hall–Kier alpha value is -1.34. The number of hydrogen-bond acceptors (Lipinski definition) is 6. The average molecular weight is 272 g/mol. The van der Waals surface area contributed by atoms with E-state index in [9.17, 15) is 4.79 Å². The molecule has 102 valence electrons. The van der Waals surface area contributed by atoms with Gasteiger partial charge in [-0.3, -0.25) is 4.79 Å². The highest BCUT2D eigenvalue weighted by Gasteiger charge is 2.24. The van der Waals surface area contributed by atoms with Gasteiger partial charge < -0.3 is 21.1 Å². The molecular formula is C11H20N4O2S. The molecule has 0 unspecified atom stereocenters. The van der Waals surface area contributed by atoms with Gasteiger partial charge in [0.05, 0.1) is 0 Å². The monoisotopic (exact) mass is 272 g/mol. The Bertz CT molecular complexity index is 429. The molecule has 0 aliphatic heterocycles. The van der Waals surface area contributed by atoms with Gasteiger partial charge in [0.25, 0.3) is 5.91 Å². The maximum atomic E-state index is 12.1. The first kappa shape index (κ1) is 14.7. The topological polar surface area (TPSA) is 91.5 Å². The number of nitrogens with two attached hydrogens (primary N) is 1. The number of hydrogen-bond donors (Lipinski definition) is 3. The molecular weight excluding hydrogens is 252 g/mol. The summed E-state index contributed by atoms with van der Waals surface area (Å²) in [7, 11) is 3.69. The molecule has 0 saturated heterocycles. The number of nitrogen functional groups attached to an aromatic ring is 1. The van der Waals surface area contributed by atoms with Crippen LogP contribution in [-0.4, -0.2) is 42.2 Å². The van der Waals surface area contributed by atoms with E-state index in [0.29, 0.717) is 16.4 Å². The summed E-state index contributed by atoms with van der Waals surface area (Å²) in [5.74, 6) is -0.0162. The van der Waals surface area contributed by atoms with Gasteiger partial charge in [-0.2, -0.15) is 0 Å². The van der Waals surface area contributed by atoms with Crippen molar-refractivity contribution in [1.29, 1.82) is 0 Å². The van der Waals surface area contributed by atoms with Crippen molar-refractivity contribution in [2.45, 2.75) is 25.8 Å². The summed E-state index contributed by atoms with van der Waals surface area (Å²) in [6.45, 7) is 3.73. The first-order chi connectivity index (χ1) is 8.26. The largest absolute Gasteiger partial charge is 0.396 e. The van der Waals surface area contributed by atoms with E-state index in [1.165, 1.54) is 11.3 Å². The minimum Gasteiger partial charge on any atom is -0.396 e. The van der Waals surface area contributed by atoms with Crippen LogP contribution in [0.25, 0.3) is 0 Å². The summed E-state index contributed by atoms with van der Waals surface area (Å²) in [5, 5.41) is 12.5. The first-order valence-corrected chi connectivity index (χ1v) is 6.45. The van der Waals surface area contributed by atoms with Crippen LogP contribution in [0, 0.1) is 0 Å². The number of anilines is 2. The van der Waals surface area contributed by atoms with E-state index in [4.69, 9.17) is 10.8 Å². The predicted octanol–water partition coefficient (Wildman–Crippen LogP) is 0.682. The van der Waals surface area contributed by atoms with Gasteiger partial charge in [0.15, 0.2) is 5.13 Å². The molecule has 1 aromatic rings. The fraction of sp³-hybridized carbons (Fsp3) is 0.636. The molecule has 1 rings (SSSR count). The zero-order valence-corrected chi connectivity index (χ0v) is 12.0. The Labute approximate surface area is 111 Å². The van der Waals surface area contributed by atoms with Crippen LogP contribution in [0.5, 0.6) is 0 Å². The molecule has 0 aliphatic rings. The average Bonchev–Trinajstić information content (AvgIpc) is 2.59. The molecule has 0 atom stereocenters. The van der Waals surface area contributed by atoms with Crippen molar-refractivity contribution in [3.8, 4) is 0 Å². The summed E-state index contributed by atoms with van der Waals surface area (Å²) >= 11 is 1.25. The van der Waals surface area contributed by atoms with Crippen LogP contribution < -0.4 is 16.0 Å². The highest BCUT2D eigenvalue weighted by atomic mass is 32.1. The molecule has 0 fully saturated rings. The molecule has 1 amide bonds. The van der Waals surface area contributed by atoms with Gasteiger partial charge in [-0.15, -0.1) is 0 Å². The molecule has 0 radical (unpaired) electrons. The molecule has 7 heteroatoms. The summed E-state index contributed by atoms with van der Waals surface area (Å²) in [4.78, 5) is 18.4. The minimum atomic E-state index is -0.472. The van der Waals surface area contributed by atoms with Crippen molar-refractivity contribution >= 4 is 28.2 Å². The van der Waals surface area contributed by atoms with Gasteiger partial charge in [0.1, 0.15) is 10.7 Å². The third-order valence-electron chi connectivity index (χ3n) is 2.42. The number of amides is 1. The summed E-state index contributed by atoms with van der Waals surface area (Å²) in [6.07, 6.45) is 0.484. The maximum Gasteiger partial charge on any atom is 0.265 e. The standard InChI is InChI=1S/C11H20N4O2S/c1-11(2,5-6-16)14-9(17)7-8(12)13-10(18-7)15(3)4/h16H,5-6,12H2,1-4H3,(H,14,17). The fourth-order valence-corrected chi connectivity index (χ4v) is 2.18. The molecule has 4 N–H and O–H groups in total.